The maximum atomic E-state index is 9.42. The van der Waals surface area contributed by atoms with Crippen LogP contribution < -0.4 is 5.19 Å². The molecule has 6 nitrogen and oxygen atoms in total. The van der Waals surface area contributed by atoms with Gasteiger partial charge in [0.05, 0.1) is 11.1 Å². The minimum atomic E-state index is -2.54. The van der Waals surface area contributed by atoms with Crippen molar-refractivity contribution in [2.75, 3.05) is 0 Å². The lowest BCUT2D eigenvalue weighted by molar-refractivity contribution is 0.300. The monoisotopic (exact) mass is 572 g/mol. The van der Waals surface area contributed by atoms with Crippen molar-refractivity contribution < 1.29 is 16.5 Å². The van der Waals surface area contributed by atoms with Crippen molar-refractivity contribution >= 4 is 47.5 Å². The molecule has 2 aromatic carbocycles. The summed E-state index contributed by atoms with van der Waals surface area (Å²) in [5, 5.41) is 19.8. The summed E-state index contributed by atoms with van der Waals surface area (Å²) in [5.74, 6) is 0. The second-order valence-electron chi connectivity index (χ2n) is 11.8. The summed E-state index contributed by atoms with van der Waals surface area (Å²) < 4.78 is 26.5. The normalized spacial score (nSPS) is 13.2. The van der Waals surface area contributed by atoms with Gasteiger partial charge in [0, 0.05) is 0 Å². The van der Waals surface area contributed by atoms with Crippen LogP contribution in [0.25, 0.3) is 11.1 Å². The van der Waals surface area contributed by atoms with Crippen molar-refractivity contribution in [3.63, 3.8) is 0 Å². The molecule has 0 saturated heterocycles. The second kappa shape index (κ2) is 11.0. The Morgan fingerprint density at radius 3 is 1.58 bits per heavy atom. The van der Waals surface area contributed by atoms with Gasteiger partial charge in [-0.2, -0.15) is 10.5 Å². The van der Waals surface area contributed by atoms with Gasteiger partial charge in [-0.25, -0.2) is 0 Å². The van der Waals surface area contributed by atoms with Crippen LogP contribution in [0, 0.1) is 22.7 Å². The summed E-state index contributed by atoms with van der Waals surface area (Å²) in [4.78, 5) is 0. The van der Waals surface area contributed by atoms with E-state index < -0.39 is 42.3 Å². The van der Waals surface area contributed by atoms with Crippen LogP contribution in [0.4, 0.5) is 0 Å². The summed E-state index contributed by atoms with van der Waals surface area (Å²) in [5.41, 5.74) is 2.66. The fourth-order valence-electron chi connectivity index (χ4n) is 4.64. The number of hydrogen-bond acceptors (Lipinski definition) is 6. The first-order valence-electron chi connectivity index (χ1n) is 12.1. The van der Waals surface area contributed by atoms with E-state index in [4.69, 9.17) is 16.5 Å². The molecule has 0 aromatic heterocycles. The van der Waals surface area contributed by atoms with Gasteiger partial charge < -0.3 is 16.5 Å². The molecule has 0 spiro atoms. The molecule has 0 N–H and O–H groups in total. The highest BCUT2D eigenvalue weighted by Crippen LogP contribution is 2.27. The van der Waals surface area contributed by atoms with Crippen LogP contribution in [-0.4, -0.2) is 42.3 Å². The standard InChI is InChI=1S/C25H40N2O4Si5/c1-32(2,3)28-34(6,7)30-36(10,11)31-35(8,9)29-33(4,5)25-14-12-13-21(18-25)22-15-16-23(19-26)24(17-22)20-27/h12-18H,1-11H3. The fourth-order valence-corrected chi connectivity index (χ4v) is 28.0. The second-order valence-corrected chi connectivity index (χ2v) is 31.3. The van der Waals surface area contributed by atoms with Crippen molar-refractivity contribution in [1.82, 2.24) is 0 Å². The van der Waals surface area contributed by atoms with Crippen molar-refractivity contribution in [3.8, 4) is 23.3 Å². The van der Waals surface area contributed by atoms with Crippen molar-refractivity contribution in [2.24, 2.45) is 0 Å². The highest BCUT2D eigenvalue weighted by atomic mass is 28.5. The van der Waals surface area contributed by atoms with E-state index in [2.05, 4.69) is 96.3 Å². The van der Waals surface area contributed by atoms with Crippen molar-refractivity contribution in [1.29, 1.82) is 10.5 Å². The number of rotatable bonds is 10. The molecule has 0 fully saturated rings. The molecule has 0 aliphatic carbocycles. The minimum absolute atomic E-state index is 0.381. The van der Waals surface area contributed by atoms with Gasteiger partial charge in [-0.05, 0) is 100 Å². The van der Waals surface area contributed by atoms with E-state index in [1.165, 1.54) is 0 Å². The third-order valence-electron chi connectivity index (χ3n) is 5.19. The van der Waals surface area contributed by atoms with Gasteiger partial charge in [-0.15, -0.1) is 0 Å². The summed E-state index contributed by atoms with van der Waals surface area (Å²) in [6.07, 6.45) is 0. The van der Waals surface area contributed by atoms with E-state index in [-0.39, 0.29) is 0 Å². The molecule has 194 valence electrons. The lowest BCUT2D eigenvalue weighted by atomic mass is 10.0. The first-order chi connectivity index (χ1) is 16.3. The predicted octanol–water partition coefficient (Wildman–Crippen LogP) is 6.52. The molecule has 11 heteroatoms. The lowest BCUT2D eigenvalue weighted by Gasteiger charge is -2.42. The lowest BCUT2D eigenvalue weighted by Crippen LogP contribution is -2.60. The van der Waals surface area contributed by atoms with Gasteiger partial charge in [-0.1, -0.05) is 30.3 Å². The molecular weight excluding hydrogens is 533 g/mol. The smallest absolute Gasteiger partial charge is 0.314 e. The number of nitrogens with zero attached hydrogens (tertiary/aromatic N) is 2. The van der Waals surface area contributed by atoms with Gasteiger partial charge in [0.1, 0.15) is 12.1 Å². The maximum absolute atomic E-state index is 9.42. The Kier molecular flexibility index (Phi) is 9.33. The van der Waals surface area contributed by atoms with Crippen molar-refractivity contribution in [2.45, 2.75) is 72.0 Å². The Labute approximate surface area is 222 Å². The Morgan fingerprint density at radius 1 is 0.556 bits per heavy atom. The van der Waals surface area contributed by atoms with Crippen LogP contribution in [0.1, 0.15) is 11.1 Å². The first-order valence-corrected chi connectivity index (χ1v) is 26.9. The Morgan fingerprint density at radius 2 is 1.06 bits per heavy atom. The molecule has 2 aromatic rings. The van der Waals surface area contributed by atoms with Crippen LogP contribution >= 0.6 is 0 Å². The molecule has 2 rings (SSSR count). The van der Waals surface area contributed by atoms with Gasteiger partial charge in [0.15, 0.2) is 8.32 Å². The molecule has 0 atom stereocenters. The number of hydrogen-bond donors (Lipinski definition) is 0. The van der Waals surface area contributed by atoms with E-state index in [0.717, 1.165) is 16.3 Å². The van der Waals surface area contributed by atoms with Gasteiger partial charge in [-0.3, -0.25) is 0 Å². The summed E-state index contributed by atoms with van der Waals surface area (Å²) >= 11 is 0. The SMILES string of the molecule is C[Si](C)(C)O[Si](C)(C)O[Si](C)(C)O[Si](C)(C)O[Si](C)(C)c1cccc(-c2ccc(C#N)c(C#N)c2)c1. The third-order valence-corrected chi connectivity index (χ3v) is 23.2. The van der Waals surface area contributed by atoms with Crippen LogP contribution in [0.5, 0.6) is 0 Å². The number of nitriles is 2. The molecule has 36 heavy (non-hydrogen) atoms. The number of benzene rings is 2. The summed E-state index contributed by atoms with van der Waals surface area (Å²) in [7, 11) is -11.4. The molecule has 0 radical (unpaired) electrons. The summed E-state index contributed by atoms with van der Waals surface area (Å²) in [6, 6.07) is 17.8. The maximum Gasteiger partial charge on any atom is 0.314 e. The zero-order valence-corrected chi connectivity index (χ0v) is 28.6. The topological polar surface area (TPSA) is 84.5 Å². The van der Waals surface area contributed by atoms with E-state index in [1.807, 2.05) is 18.2 Å². The fraction of sp³-hybridized carbons (Fsp3) is 0.440. The average molecular weight is 573 g/mol. The minimum Gasteiger partial charge on any atom is -0.437 e. The average Bonchev–Trinajstić information content (AvgIpc) is 2.68. The van der Waals surface area contributed by atoms with E-state index in [0.29, 0.717) is 11.1 Å². The van der Waals surface area contributed by atoms with Gasteiger partial charge in [0.2, 0.25) is 8.32 Å². The molecule has 0 bridgehead atoms. The highest BCUT2D eigenvalue weighted by molar-refractivity contribution is 6.94. The Balaban J connectivity index is 2.25. The molecular formula is C25H40N2O4Si5. The quantitative estimate of drug-likeness (QED) is 0.302. The van der Waals surface area contributed by atoms with E-state index >= 15 is 0 Å². The Bertz CT molecular complexity index is 1180. The predicted molar refractivity (Wildman–Crippen MR) is 159 cm³/mol. The zero-order chi connectivity index (χ0) is 27.6. The van der Waals surface area contributed by atoms with Crippen molar-refractivity contribution in [3.05, 3.63) is 53.6 Å². The van der Waals surface area contributed by atoms with Gasteiger partial charge >= 0.3 is 25.7 Å². The van der Waals surface area contributed by atoms with Crippen LogP contribution in [-0.2, 0) is 16.5 Å². The first kappa shape index (κ1) is 30.6. The zero-order valence-electron chi connectivity index (χ0n) is 23.6. The van der Waals surface area contributed by atoms with Crippen LogP contribution in [0.3, 0.4) is 0 Å². The molecule has 0 heterocycles. The molecule has 0 aliphatic heterocycles. The summed E-state index contributed by atoms with van der Waals surface area (Å²) in [6.45, 7) is 23.5. The third kappa shape index (κ3) is 9.02. The van der Waals surface area contributed by atoms with E-state index in [1.54, 1.807) is 12.1 Å². The molecule has 0 saturated carbocycles. The molecule has 0 unspecified atom stereocenters. The molecule has 0 amide bonds. The Hall–Kier alpha value is -1.66. The van der Waals surface area contributed by atoms with Crippen LogP contribution in [0.2, 0.25) is 72.0 Å². The highest BCUT2D eigenvalue weighted by Gasteiger charge is 2.45. The van der Waals surface area contributed by atoms with E-state index in [9.17, 15) is 10.5 Å². The largest absolute Gasteiger partial charge is 0.437 e. The van der Waals surface area contributed by atoms with Crippen LogP contribution in [0.15, 0.2) is 42.5 Å². The molecule has 0 aliphatic rings. The van der Waals surface area contributed by atoms with Gasteiger partial charge in [0.25, 0.3) is 0 Å².